The van der Waals surface area contributed by atoms with Gasteiger partial charge in [0.05, 0.1) is 23.4 Å². The van der Waals surface area contributed by atoms with E-state index in [0.717, 1.165) is 11.0 Å². The molecule has 0 aliphatic rings. The minimum absolute atomic E-state index is 0.947. The van der Waals surface area contributed by atoms with E-state index < -0.39 is 0 Å². The normalized spacial score (nSPS) is 10.9. The smallest absolute Gasteiger partial charge is 0.118 e. The van der Waals surface area contributed by atoms with Gasteiger partial charge in [-0.2, -0.15) is 4.79 Å². The van der Waals surface area contributed by atoms with E-state index >= 15 is 0 Å². The summed E-state index contributed by atoms with van der Waals surface area (Å²) in [6.07, 6.45) is 5.13. The van der Waals surface area contributed by atoms with Crippen LogP contribution in [0.15, 0.2) is 43.0 Å². The first kappa shape index (κ1) is 7.25. The first-order valence-corrected chi connectivity index (χ1v) is 4.24. The molecule has 0 aliphatic heterocycles. The van der Waals surface area contributed by atoms with Crippen molar-refractivity contribution in [2.75, 3.05) is 0 Å². The minimum Gasteiger partial charge on any atom is -0.235 e. The van der Waals surface area contributed by atoms with E-state index in [1.165, 1.54) is 0 Å². The third-order valence-electron chi connectivity index (χ3n) is 2.07. The van der Waals surface area contributed by atoms with Crippen molar-refractivity contribution < 1.29 is 0 Å². The zero-order valence-electron chi connectivity index (χ0n) is 7.28. The lowest BCUT2D eigenvalue weighted by Crippen LogP contribution is -2.07. The van der Waals surface area contributed by atoms with Crippen LogP contribution in [0.1, 0.15) is 0 Å². The number of nitrogens with zero attached hydrogens (tertiary/aromatic N) is 5. The number of rotatable bonds is 1. The van der Waals surface area contributed by atoms with Crippen LogP contribution in [0.5, 0.6) is 0 Å². The number of benzene rings is 1. The number of hydrogen-bond donors (Lipinski definition) is 0. The lowest BCUT2D eigenvalue weighted by molar-refractivity contribution is 0.565. The highest BCUT2D eigenvalue weighted by molar-refractivity contribution is 5.74. The van der Waals surface area contributed by atoms with Crippen molar-refractivity contribution in [2.45, 2.75) is 0 Å². The zero-order valence-corrected chi connectivity index (χ0v) is 7.28. The van der Waals surface area contributed by atoms with Crippen LogP contribution in [-0.2, 0) is 0 Å². The highest BCUT2D eigenvalue weighted by Gasteiger charge is 2.02. The molecule has 5 heteroatoms. The average molecular weight is 185 g/mol. The molecule has 3 rings (SSSR count). The molecule has 0 amide bonds. The van der Waals surface area contributed by atoms with Gasteiger partial charge in [0, 0.05) is 0 Å². The van der Waals surface area contributed by atoms with Gasteiger partial charge in [-0.15, -0.1) is 5.10 Å². The van der Waals surface area contributed by atoms with Gasteiger partial charge >= 0.3 is 0 Å². The van der Waals surface area contributed by atoms with E-state index in [1.54, 1.807) is 23.5 Å². The Labute approximate surface area is 79.6 Å². The Hall–Kier alpha value is -2.17. The second-order valence-electron chi connectivity index (χ2n) is 2.90. The molecule has 0 fully saturated rings. The molecule has 0 radical (unpaired) electrons. The molecular weight excluding hydrogens is 178 g/mol. The average Bonchev–Trinajstić information content (AvgIpc) is 2.85. The molecule has 14 heavy (non-hydrogen) atoms. The highest BCUT2D eigenvalue weighted by Crippen LogP contribution is 2.10. The quantitative estimate of drug-likeness (QED) is 0.566. The molecule has 0 saturated carbocycles. The largest absolute Gasteiger partial charge is 0.235 e. The van der Waals surface area contributed by atoms with E-state index in [2.05, 4.69) is 15.3 Å². The minimum atomic E-state index is 0.947. The first-order chi connectivity index (χ1) is 6.95. The molecule has 1 aromatic carbocycles. The summed E-state index contributed by atoms with van der Waals surface area (Å²) in [7, 11) is 0. The second kappa shape index (κ2) is 2.66. The van der Waals surface area contributed by atoms with Crippen LogP contribution in [-0.4, -0.2) is 24.8 Å². The molecule has 0 bridgehead atoms. The molecule has 5 nitrogen and oxygen atoms in total. The Kier molecular flexibility index (Phi) is 1.38. The van der Waals surface area contributed by atoms with Gasteiger partial charge in [0.25, 0.3) is 0 Å². The maximum atomic E-state index is 4.25. The summed E-state index contributed by atoms with van der Waals surface area (Å²) < 4.78 is 1.84. The molecule has 3 aromatic rings. The SMILES string of the molecule is c1ccc2c(c1)ncn2-n1ccnn1. The maximum Gasteiger partial charge on any atom is 0.118 e. The fourth-order valence-electron chi connectivity index (χ4n) is 1.43. The number of imidazole rings is 1. The van der Waals surface area contributed by atoms with E-state index in [1.807, 2.05) is 28.9 Å². The molecule has 0 saturated heterocycles. The van der Waals surface area contributed by atoms with E-state index in [4.69, 9.17) is 0 Å². The summed E-state index contributed by atoms with van der Waals surface area (Å²) in [4.78, 5) is 5.88. The van der Waals surface area contributed by atoms with Crippen molar-refractivity contribution in [2.24, 2.45) is 0 Å². The number of hydrogen-bond acceptors (Lipinski definition) is 3. The molecule has 2 heterocycles. The molecule has 0 unspecified atom stereocenters. The summed E-state index contributed by atoms with van der Waals surface area (Å²) in [5.41, 5.74) is 1.96. The molecule has 0 atom stereocenters. The predicted octanol–water partition coefficient (Wildman–Crippen LogP) is 0.939. The summed E-state index contributed by atoms with van der Waals surface area (Å²) >= 11 is 0. The van der Waals surface area contributed by atoms with Crippen LogP contribution in [0, 0.1) is 0 Å². The number of fused-ring (bicyclic) bond motifs is 1. The summed E-state index contributed by atoms with van der Waals surface area (Å²) in [5, 5.41) is 7.65. The Morgan fingerprint density at radius 2 is 2.07 bits per heavy atom. The summed E-state index contributed by atoms with van der Waals surface area (Å²) in [6, 6.07) is 7.88. The van der Waals surface area contributed by atoms with Gasteiger partial charge in [-0.3, -0.25) is 0 Å². The number of para-hydroxylation sites is 2. The predicted molar refractivity (Wildman–Crippen MR) is 50.6 cm³/mol. The molecule has 0 aliphatic carbocycles. The third-order valence-corrected chi connectivity index (χ3v) is 2.07. The molecule has 68 valence electrons. The Balaban J connectivity index is 2.33. The summed E-state index contributed by atoms with van der Waals surface area (Å²) in [5.74, 6) is 0. The number of aromatic nitrogens is 5. The highest BCUT2D eigenvalue weighted by atomic mass is 15.6. The van der Waals surface area contributed by atoms with E-state index in [9.17, 15) is 0 Å². The van der Waals surface area contributed by atoms with Crippen LogP contribution in [0.25, 0.3) is 11.0 Å². The van der Waals surface area contributed by atoms with Crippen LogP contribution in [0.3, 0.4) is 0 Å². The van der Waals surface area contributed by atoms with Crippen molar-refractivity contribution in [1.82, 2.24) is 24.8 Å². The van der Waals surface area contributed by atoms with Crippen LogP contribution < -0.4 is 0 Å². The Bertz CT molecular complexity index is 551. The van der Waals surface area contributed by atoms with Gasteiger partial charge in [-0.25, -0.2) is 9.66 Å². The third kappa shape index (κ3) is 0.922. The van der Waals surface area contributed by atoms with E-state index in [0.29, 0.717) is 0 Å². The standard InChI is InChI=1S/C9H7N5/c1-2-4-9-8(3-1)10-7-13(9)14-6-5-11-12-14/h1-7H. The van der Waals surface area contributed by atoms with Crippen LogP contribution in [0.2, 0.25) is 0 Å². The topological polar surface area (TPSA) is 48.5 Å². The fourth-order valence-corrected chi connectivity index (χ4v) is 1.43. The lowest BCUT2D eigenvalue weighted by atomic mass is 10.3. The van der Waals surface area contributed by atoms with Crippen molar-refractivity contribution in [3.8, 4) is 0 Å². The van der Waals surface area contributed by atoms with Crippen molar-refractivity contribution in [3.05, 3.63) is 43.0 Å². The van der Waals surface area contributed by atoms with E-state index in [-0.39, 0.29) is 0 Å². The lowest BCUT2D eigenvalue weighted by Gasteiger charge is -2.00. The molecular formula is C9H7N5. The molecule has 0 spiro atoms. The van der Waals surface area contributed by atoms with Crippen molar-refractivity contribution >= 4 is 11.0 Å². The van der Waals surface area contributed by atoms with Gasteiger partial charge in [-0.1, -0.05) is 12.1 Å². The Morgan fingerprint density at radius 3 is 2.93 bits per heavy atom. The second-order valence-corrected chi connectivity index (χ2v) is 2.90. The monoisotopic (exact) mass is 185 g/mol. The van der Waals surface area contributed by atoms with Crippen LogP contribution in [0.4, 0.5) is 0 Å². The molecule has 0 N–H and O–H groups in total. The maximum absolute atomic E-state index is 4.25. The van der Waals surface area contributed by atoms with Gasteiger partial charge in [-0.05, 0) is 17.3 Å². The van der Waals surface area contributed by atoms with Gasteiger partial charge in [0.15, 0.2) is 0 Å². The zero-order chi connectivity index (χ0) is 9.38. The fraction of sp³-hybridized carbons (Fsp3) is 0. The van der Waals surface area contributed by atoms with Crippen molar-refractivity contribution in [3.63, 3.8) is 0 Å². The van der Waals surface area contributed by atoms with Crippen molar-refractivity contribution in [1.29, 1.82) is 0 Å². The van der Waals surface area contributed by atoms with Gasteiger partial charge < -0.3 is 0 Å². The van der Waals surface area contributed by atoms with Gasteiger partial charge in [0.2, 0.25) is 0 Å². The Morgan fingerprint density at radius 1 is 1.14 bits per heavy atom. The van der Waals surface area contributed by atoms with Crippen LogP contribution >= 0.6 is 0 Å². The first-order valence-electron chi connectivity index (χ1n) is 4.24. The molecule has 2 aromatic heterocycles. The van der Waals surface area contributed by atoms with Gasteiger partial charge in [0.1, 0.15) is 6.33 Å². The summed E-state index contributed by atoms with van der Waals surface area (Å²) in [6.45, 7) is 0.